The summed E-state index contributed by atoms with van der Waals surface area (Å²) in [7, 11) is 0. The Bertz CT molecular complexity index is 616. The number of carbonyl (C=O) groups excluding carboxylic acids is 1. The van der Waals surface area contributed by atoms with E-state index in [1.807, 2.05) is 0 Å². The molecule has 0 N–H and O–H groups in total. The summed E-state index contributed by atoms with van der Waals surface area (Å²) in [6.45, 7) is 14.7. The topological polar surface area (TPSA) is 83.3 Å². The third-order valence-corrected chi connectivity index (χ3v) is 7.31. The first-order chi connectivity index (χ1) is 16.9. The predicted octanol–water partition coefficient (Wildman–Crippen LogP) is 7.30. The molecule has 0 amide bonds. The van der Waals surface area contributed by atoms with Gasteiger partial charge in [-0.25, -0.2) is 0 Å². The van der Waals surface area contributed by atoms with Crippen molar-refractivity contribution in [2.45, 2.75) is 118 Å². The molecule has 35 heavy (non-hydrogen) atoms. The molecule has 0 aliphatic heterocycles. The van der Waals surface area contributed by atoms with E-state index in [2.05, 4.69) is 27.7 Å². The summed E-state index contributed by atoms with van der Waals surface area (Å²) in [6.07, 6.45) is 20.5. The van der Waals surface area contributed by atoms with Gasteiger partial charge in [-0.3, -0.25) is 10.1 Å². The minimum atomic E-state index is -1.34. The van der Waals surface area contributed by atoms with Crippen LogP contribution in [0.1, 0.15) is 128 Å². The normalized spacial score (nSPS) is 11.1. The van der Waals surface area contributed by atoms with Crippen LogP contribution in [0.5, 0.6) is 0 Å². The third-order valence-electron chi connectivity index (χ3n) is 7.31. The third kappa shape index (κ3) is 16.4. The summed E-state index contributed by atoms with van der Waals surface area (Å²) in [5.74, 6) is -1.34. The Morgan fingerprint density at radius 3 is 1.37 bits per heavy atom. The Labute approximate surface area is 214 Å². The molecule has 1 aromatic carbocycles. The number of carboxylic acid groups (broad SMARTS) is 1. The fraction of sp³-hybridized carbons (Fsp3) is 0.759. The predicted molar refractivity (Wildman–Crippen MR) is 144 cm³/mol. The quantitative estimate of drug-likeness (QED) is 0.0827. The number of benzene rings is 1. The number of rotatable bonds is 20. The Kier molecular flexibility index (Phi) is 20.2. The van der Waals surface area contributed by atoms with Crippen LogP contribution in [0.4, 0.5) is 5.69 Å². The van der Waals surface area contributed by atoms with Gasteiger partial charge in [0.15, 0.2) is 0 Å². The van der Waals surface area contributed by atoms with Gasteiger partial charge in [-0.1, -0.05) is 84.0 Å². The molecular formula is C29H52N2O4. The molecule has 0 spiro atoms. The van der Waals surface area contributed by atoms with Crippen molar-refractivity contribution in [2.24, 2.45) is 0 Å². The van der Waals surface area contributed by atoms with Gasteiger partial charge in [-0.15, -0.1) is 0 Å². The van der Waals surface area contributed by atoms with Gasteiger partial charge in [0, 0.05) is 12.1 Å². The van der Waals surface area contributed by atoms with Gasteiger partial charge in [0.1, 0.15) is 0 Å². The van der Waals surface area contributed by atoms with Gasteiger partial charge in [0.2, 0.25) is 0 Å². The van der Waals surface area contributed by atoms with E-state index in [1.165, 1.54) is 121 Å². The van der Waals surface area contributed by atoms with Crippen molar-refractivity contribution < 1.29 is 19.3 Å². The van der Waals surface area contributed by atoms with Crippen LogP contribution < -0.4 is 5.11 Å². The van der Waals surface area contributed by atoms with Crippen molar-refractivity contribution in [2.75, 3.05) is 26.2 Å². The molecule has 1 rings (SSSR count). The summed E-state index contributed by atoms with van der Waals surface area (Å²) >= 11 is 0. The molecule has 0 saturated carbocycles. The standard InChI is InChI=1S/C22H48N.C7H5NO4/c1-5-9-10-11-12-13-14-15-16-17-18-19-20-21-22-23(6-2,7-3)8-4;9-7(10)5-1-3-6(4-2-5)8(11)12/h5-22H2,1-4H3;1-4H,(H,9,10)/q+1;/p-1. The van der Waals surface area contributed by atoms with Crippen LogP contribution in [0, 0.1) is 10.1 Å². The van der Waals surface area contributed by atoms with Gasteiger partial charge in [0.05, 0.1) is 37.1 Å². The Balaban J connectivity index is 0.000000801. The van der Waals surface area contributed by atoms with Gasteiger partial charge in [0.25, 0.3) is 5.69 Å². The van der Waals surface area contributed by atoms with Crippen molar-refractivity contribution in [3.8, 4) is 0 Å². The maximum absolute atomic E-state index is 10.2. The van der Waals surface area contributed by atoms with E-state index < -0.39 is 10.9 Å². The molecule has 0 aliphatic carbocycles. The summed E-state index contributed by atoms with van der Waals surface area (Å²) < 4.78 is 1.33. The van der Waals surface area contributed by atoms with E-state index in [-0.39, 0.29) is 11.3 Å². The smallest absolute Gasteiger partial charge is 0.269 e. The number of unbranched alkanes of at least 4 members (excludes halogenated alkanes) is 13. The average Bonchev–Trinajstić information content (AvgIpc) is 2.87. The SMILES string of the molecule is CCCCCCCCCCCCCCCC[N+](CC)(CC)CC.O=C([O-])c1ccc([N+](=O)[O-])cc1. The largest absolute Gasteiger partial charge is 0.545 e. The molecule has 0 aromatic heterocycles. The van der Waals surface area contributed by atoms with Crippen LogP contribution in [-0.2, 0) is 0 Å². The molecule has 1 aromatic rings. The highest BCUT2D eigenvalue weighted by Crippen LogP contribution is 2.15. The zero-order valence-electron chi connectivity index (χ0n) is 23.1. The number of quaternary nitrogens is 1. The van der Waals surface area contributed by atoms with E-state index >= 15 is 0 Å². The molecule has 6 nitrogen and oxygen atoms in total. The Hall–Kier alpha value is -1.95. The van der Waals surface area contributed by atoms with Crippen LogP contribution in [-0.4, -0.2) is 41.6 Å². The van der Waals surface area contributed by atoms with Gasteiger partial charge in [-0.2, -0.15) is 0 Å². The van der Waals surface area contributed by atoms with Crippen LogP contribution >= 0.6 is 0 Å². The summed E-state index contributed by atoms with van der Waals surface area (Å²) in [6, 6.07) is 4.50. The second-order valence-corrected chi connectivity index (χ2v) is 9.70. The number of aromatic carboxylic acids is 1. The monoisotopic (exact) mass is 492 g/mol. The van der Waals surface area contributed by atoms with E-state index in [0.717, 1.165) is 24.3 Å². The molecular weight excluding hydrogens is 440 g/mol. The number of non-ortho nitro benzene ring substituents is 1. The minimum Gasteiger partial charge on any atom is -0.545 e. The lowest BCUT2D eigenvalue weighted by Gasteiger charge is -2.35. The maximum Gasteiger partial charge on any atom is 0.269 e. The molecule has 6 heteroatoms. The Morgan fingerprint density at radius 2 is 1.06 bits per heavy atom. The Morgan fingerprint density at radius 1 is 0.686 bits per heavy atom. The molecule has 0 atom stereocenters. The second kappa shape index (κ2) is 21.3. The molecule has 0 unspecified atom stereocenters. The fourth-order valence-electron chi connectivity index (χ4n) is 4.51. The summed E-state index contributed by atoms with van der Waals surface area (Å²) in [4.78, 5) is 19.7. The first kappa shape index (κ1) is 33.0. The molecule has 0 fully saturated rings. The summed E-state index contributed by atoms with van der Waals surface area (Å²) in [5, 5.41) is 20.3. The van der Waals surface area contributed by atoms with Crippen molar-refractivity contribution >= 4 is 11.7 Å². The number of hydrogen-bond donors (Lipinski definition) is 0. The highest BCUT2D eigenvalue weighted by atomic mass is 16.6. The number of hydrogen-bond acceptors (Lipinski definition) is 4. The highest BCUT2D eigenvalue weighted by Gasteiger charge is 2.19. The molecule has 0 bridgehead atoms. The zero-order valence-corrected chi connectivity index (χ0v) is 23.1. The van der Waals surface area contributed by atoms with E-state index in [1.54, 1.807) is 0 Å². The molecule has 0 radical (unpaired) electrons. The van der Waals surface area contributed by atoms with Crippen molar-refractivity contribution in [3.05, 3.63) is 39.9 Å². The zero-order chi connectivity index (χ0) is 26.4. The van der Waals surface area contributed by atoms with E-state index in [4.69, 9.17) is 0 Å². The molecule has 0 saturated heterocycles. The van der Waals surface area contributed by atoms with Crippen molar-refractivity contribution in [3.63, 3.8) is 0 Å². The maximum atomic E-state index is 10.2. The first-order valence-electron chi connectivity index (χ1n) is 14.2. The number of nitrogens with zero attached hydrogens (tertiary/aromatic N) is 2. The number of carbonyl (C=O) groups is 1. The van der Waals surface area contributed by atoms with Crippen LogP contribution in [0.15, 0.2) is 24.3 Å². The fourth-order valence-corrected chi connectivity index (χ4v) is 4.51. The molecule has 0 aliphatic rings. The number of carboxylic acids is 1. The number of nitro groups is 1. The summed E-state index contributed by atoms with van der Waals surface area (Å²) in [5.41, 5.74) is -0.208. The van der Waals surface area contributed by atoms with Gasteiger partial charge < -0.3 is 14.4 Å². The highest BCUT2D eigenvalue weighted by molar-refractivity contribution is 5.85. The van der Waals surface area contributed by atoms with Crippen LogP contribution in [0.2, 0.25) is 0 Å². The van der Waals surface area contributed by atoms with Crippen molar-refractivity contribution in [1.82, 2.24) is 0 Å². The second-order valence-electron chi connectivity index (χ2n) is 9.70. The first-order valence-corrected chi connectivity index (χ1v) is 14.2. The van der Waals surface area contributed by atoms with Gasteiger partial charge >= 0.3 is 0 Å². The lowest BCUT2D eigenvalue weighted by molar-refractivity contribution is -0.923. The lowest BCUT2D eigenvalue weighted by Crippen LogP contribution is -2.48. The molecule has 202 valence electrons. The molecule has 0 heterocycles. The van der Waals surface area contributed by atoms with E-state index in [0.29, 0.717) is 0 Å². The van der Waals surface area contributed by atoms with E-state index in [9.17, 15) is 20.0 Å². The lowest BCUT2D eigenvalue weighted by atomic mass is 10.0. The van der Waals surface area contributed by atoms with Crippen LogP contribution in [0.25, 0.3) is 0 Å². The average molecular weight is 493 g/mol. The minimum absolute atomic E-state index is 0.0689. The van der Waals surface area contributed by atoms with Gasteiger partial charge in [-0.05, 0) is 51.3 Å². The van der Waals surface area contributed by atoms with Crippen LogP contribution in [0.3, 0.4) is 0 Å². The number of nitro benzene ring substituents is 1. The van der Waals surface area contributed by atoms with Crippen molar-refractivity contribution in [1.29, 1.82) is 0 Å².